The van der Waals surface area contributed by atoms with Crippen LogP contribution < -0.4 is 16.0 Å². The Morgan fingerprint density at radius 1 is 1.12 bits per heavy atom. The number of hydrogen-bond acceptors (Lipinski definition) is 3. The molecule has 2 atom stereocenters. The molecule has 0 saturated carbocycles. The van der Waals surface area contributed by atoms with E-state index < -0.39 is 12.0 Å². The minimum absolute atomic E-state index is 0. The summed E-state index contributed by atoms with van der Waals surface area (Å²) in [5.74, 6) is -0.725. The number of anilines is 1. The van der Waals surface area contributed by atoms with Crippen molar-refractivity contribution < 1.29 is 9.59 Å². The molecule has 1 aliphatic heterocycles. The van der Waals surface area contributed by atoms with Crippen molar-refractivity contribution in [3.05, 3.63) is 65.7 Å². The summed E-state index contributed by atoms with van der Waals surface area (Å²) in [5.41, 5.74) is 9.19. The predicted octanol–water partition coefficient (Wildman–Crippen LogP) is 2.45. The largest absolute Gasteiger partial charge is 0.347 e. The third-order valence-electron chi connectivity index (χ3n) is 4.74. The van der Waals surface area contributed by atoms with Crippen LogP contribution >= 0.6 is 12.4 Å². The number of carbonyl (C=O) groups is 2. The molecule has 3 rings (SSSR count). The standard InChI is InChI=1S/C20H23N3O2.ClH/c1-14(19(21)16-8-3-2-4-9-16)20(25)22-13-18(24)23-12-11-15-7-5-6-10-17(15)23;/h2-10,14,19H,11-13,21H2,1H3,(H,22,25);1H. The number of benzene rings is 2. The Bertz CT molecular complexity index is 767. The predicted molar refractivity (Wildman–Crippen MR) is 105 cm³/mol. The van der Waals surface area contributed by atoms with Gasteiger partial charge in [-0.25, -0.2) is 0 Å². The molecular formula is C20H24ClN3O2. The maximum atomic E-state index is 12.5. The third-order valence-corrected chi connectivity index (χ3v) is 4.74. The average molecular weight is 374 g/mol. The topological polar surface area (TPSA) is 75.4 Å². The Kier molecular flexibility index (Phi) is 6.77. The van der Waals surface area contributed by atoms with Crippen LogP contribution in [0.3, 0.4) is 0 Å². The van der Waals surface area contributed by atoms with E-state index in [4.69, 9.17) is 5.73 Å². The fourth-order valence-corrected chi connectivity index (χ4v) is 3.14. The van der Waals surface area contributed by atoms with E-state index in [9.17, 15) is 9.59 Å². The van der Waals surface area contributed by atoms with Crippen molar-refractivity contribution in [1.29, 1.82) is 0 Å². The van der Waals surface area contributed by atoms with Gasteiger partial charge in [0.2, 0.25) is 11.8 Å². The molecule has 1 heterocycles. The summed E-state index contributed by atoms with van der Waals surface area (Å²) in [6.07, 6.45) is 0.852. The van der Waals surface area contributed by atoms with E-state index in [1.54, 1.807) is 11.8 Å². The van der Waals surface area contributed by atoms with E-state index in [2.05, 4.69) is 5.32 Å². The molecule has 0 saturated heterocycles. The van der Waals surface area contributed by atoms with Crippen LogP contribution in [-0.2, 0) is 16.0 Å². The molecule has 0 aromatic heterocycles. The van der Waals surface area contributed by atoms with Crippen molar-refractivity contribution >= 4 is 29.9 Å². The van der Waals surface area contributed by atoms with Gasteiger partial charge in [-0.15, -0.1) is 12.4 Å². The van der Waals surface area contributed by atoms with Crippen molar-refractivity contribution in [2.75, 3.05) is 18.0 Å². The van der Waals surface area contributed by atoms with Crippen LogP contribution in [0.25, 0.3) is 0 Å². The summed E-state index contributed by atoms with van der Waals surface area (Å²) >= 11 is 0. The summed E-state index contributed by atoms with van der Waals surface area (Å²) in [7, 11) is 0. The van der Waals surface area contributed by atoms with Crippen LogP contribution in [0.4, 0.5) is 5.69 Å². The summed E-state index contributed by atoms with van der Waals surface area (Å²) in [6, 6.07) is 17.0. The molecular weight excluding hydrogens is 350 g/mol. The molecule has 2 aromatic rings. The average Bonchev–Trinajstić information content (AvgIpc) is 3.09. The summed E-state index contributed by atoms with van der Waals surface area (Å²) in [6.45, 7) is 2.43. The third kappa shape index (κ3) is 4.23. The lowest BCUT2D eigenvalue weighted by molar-refractivity contribution is -0.127. The highest BCUT2D eigenvalue weighted by Crippen LogP contribution is 2.27. The number of nitrogens with one attached hydrogen (secondary N) is 1. The lowest BCUT2D eigenvalue weighted by Gasteiger charge is -2.21. The molecule has 26 heavy (non-hydrogen) atoms. The molecule has 2 aromatic carbocycles. The second kappa shape index (κ2) is 8.83. The fourth-order valence-electron chi connectivity index (χ4n) is 3.14. The monoisotopic (exact) mass is 373 g/mol. The van der Waals surface area contributed by atoms with E-state index in [1.165, 1.54) is 5.56 Å². The number of hydrogen-bond donors (Lipinski definition) is 2. The highest BCUT2D eigenvalue weighted by molar-refractivity contribution is 5.98. The molecule has 0 fully saturated rings. The molecule has 2 unspecified atom stereocenters. The van der Waals surface area contributed by atoms with Crippen LogP contribution in [0.1, 0.15) is 24.1 Å². The molecule has 6 heteroatoms. The molecule has 0 bridgehead atoms. The summed E-state index contributed by atoms with van der Waals surface area (Å²) in [4.78, 5) is 26.5. The van der Waals surface area contributed by atoms with E-state index in [1.807, 2.05) is 54.6 Å². The first-order chi connectivity index (χ1) is 12.1. The van der Waals surface area contributed by atoms with Gasteiger partial charge < -0.3 is 16.0 Å². The van der Waals surface area contributed by atoms with Crippen molar-refractivity contribution in [2.24, 2.45) is 11.7 Å². The zero-order chi connectivity index (χ0) is 17.8. The SMILES string of the molecule is CC(C(=O)NCC(=O)N1CCc2ccccc21)C(N)c1ccccc1.Cl. The minimum atomic E-state index is -0.416. The molecule has 0 aliphatic carbocycles. The van der Waals surface area contributed by atoms with Gasteiger partial charge in [0.1, 0.15) is 0 Å². The highest BCUT2D eigenvalue weighted by Gasteiger charge is 2.26. The second-order valence-corrected chi connectivity index (χ2v) is 6.37. The number of nitrogens with two attached hydrogens (primary N) is 1. The quantitative estimate of drug-likeness (QED) is 0.845. The van der Waals surface area contributed by atoms with E-state index in [0.717, 1.165) is 17.7 Å². The fraction of sp³-hybridized carbons (Fsp3) is 0.300. The van der Waals surface area contributed by atoms with Crippen molar-refractivity contribution in [2.45, 2.75) is 19.4 Å². The van der Waals surface area contributed by atoms with Gasteiger partial charge in [-0.05, 0) is 23.6 Å². The van der Waals surface area contributed by atoms with Crippen molar-refractivity contribution in [1.82, 2.24) is 5.32 Å². The Hall–Kier alpha value is -2.37. The van der Waals surface area contributed by atoms with Crippen LogP contribution in [0, 0.1) is 5.92 Å². The van der Waals surface area contributed by atoms with Crippen molar-refractivity contribution in [3.63, 3.8) is 0 Å². The van der Waals surface area contributed by atoms with Gasteiger partial charge in [-0.1, -0.05) is 55.5 Å². The van der Waals surface area contributed by atoms with Crippen molar-refractivity contribution in [3.8, 4) is 0 Å². The number of halogens is 1. The number of rotatable bonds is 5. The first kappa shape index (κ1) is 19.9. The smallest absolute Gasteiger partial charge is 0.246 e. The maximum absolute atomic E-state index is 12.5. The Balaban J connectivity index is 0.00000243. The van der Waals surface area contributed by atoms with Gasteiger partial charge in [0.05, 0.1) is 12.5 Å². The number of amides is 2. The van der Waals surface area contributed by atoms with E-state index in [0.29, 0.717) is 6.54 Å². The normalized spacial score (nSPS) is 14.8. The van der Waals surface area contributed by atoms with E-state index >= 15 is 0 Å². The lowest BCUT2D eigenvalue weighted by atomic mass is 9.95. The van der Waals surface area contributed by atoms with Crippen LogP contribution in [-0.4, -0.2) is 24.9 Å². The number of nitrogens with zero attached hydrogens (tertiary/aromatic N) is 1. The van der Waals surface area contributed by atoms with E-state index in [-0.39, 0.29) is 30.8 Å². The Morgan fingerprint density at radius 3 is 2.50 bits per heavy atom. The van der Waals surface area contributed by atoms with Crippen LogP contribution in [0.15, 0.2) is 54.6 Å². The zero-order valence-electron chi connectivity index (χ0n) is 14.7. The molecule has 3 N–H and O–H groups in total. The van der Waals surface area contributed by atoms with Gasteiger partial charge in [0.15, 0.2) is 0 Å². The molecule has 5 nitrogen and oxygen atoms in total. The van der Waals surface area contributed by atoms with Gasteiger partial charge in [0.25, 0.3) is 0 Å². The first-order valence-corrected chi connectivity index (χ1v) is 8.54. The molecule has 0 radical (unpaired) electrons. The highest BCUT2D eigenvalue weighted by atomic mass is 35.5. The summed E-state index contributed by atoms with van der Waals surface area (Å²) in [5, 5.41) is 2.73. The molecule has 1 aliphatic rings. The molecule has 2 amide bonds. The maximum Gasteiger partial charge on any atom is 0.246 e. The number of fused-ring (bicyclic) bond motifs is 1. The van der Waals surface area contributed by atoms with Gasteiger partial charge in [-0.2, -0.15) is 0 Å². The van der Waals surface area contributed by atoms with Gasteiger partial charge in [-0.3, -0.25) is 9.59 Å². The second-order valence-electron chi connectivity index (χ2n) is 6.37. The zero-order valence-corrected chi connectivity index (χ0v) is 15.5. The first-order valence-electron chi connectivity index (χ1n) is 8.54. The lowest BCUT2D eigenvalue weighted by Crippen LogP contribution is -2.42. The Morgan fingerprint density at radius 2 is 1.77 bits per heavy atom. The van der Waals surface area contributed by atoms with Crippen LogP contribution in [0.5, 0.6) is 0 Å². The Labute approximate surface area is 160 Å². The van der Waals surface area contributed by atoms with Gasteiger partial charge >= 0.3 is 0 Å². The minimum Gasteiger partial charge on any atom is -0.347 e. The number of para-hydroxylation sites is 1. The molecule has 138 valence electrons. The van der Waals surface area contributed by atoms with Crippen LogP contribution in [0.2, 0.25) is 0 Å². The number of carbonyl (C=O) groups excluding carboxylic acids is 2. The van der Waals surface area contributed by atoms with Gasteiger partial charge in [0, 0.05) is 18.3 Å². The summed E-state index contributed by atoms with van der Waals surface area (Å²) < 4.78 is 0. The molecule has 0 spiro atoms.